The molecule has 0 radical (unpaired) electrons. The molecule has 1 heterocycles. The van der Waals surface area contributed by atoms with Gasteiger partial charge in [0, 0.05) is 30.8 Å². The third-order valence-corrected chi connectivity index (χ3v) is 5.40. The first-order valence-electron chi connectivity index (χ1n) is 10.1. The number of rotatable bonds is 8. The van der Waals surface area contributed by atoms with Gasteiger partial charge in [-0.3, -0.25) is 19.7 Å². The maximum atomic E-state index is 13.0. The van der Waals surface area contributed by atoms with Gasteiger partial charge in [-0.25, -0.2) is 0 Å². The van der Waals surface area contributed by atoms with Crippen molar-refractivity contribution in [3.8, 4) is 11.5 Å². The van der Waals surface area contributed by atoms with Crippen LogP contribution in [0.15, 0.2) is 48.0 Å². The molecule has 1 aliphatic heterocycles. The summed E-state index contributed by atoms with van der Waals surface area (Å²) in [5.74, 6) is -1.17. The van der Waals surface area contributed by atoms with Crippen molar-refractivity contribution >= 4 is 23.1 Å². The Morgan fingerprint density at radius 2 is 1.73 bits per heavy atom. The van der Waals surface area contributed by atoms with Gasteiger partial charge < -0.3 is 24.4 Å². The van der Waals surface area contributed by atoms with Crippen molar-refractivity contribution in [2.45, 2.75) is 6.04 Å². The van der Waals surface area contributed by atoms with E-state index >= 15 is 0 Å². The van der Waals surface area contributed by atoms with E-state index in [0.29, 0.717) is 23.6 Å². The smallest absolute Gasteiger partial charge is 0.295 e. The van der Waals surface area contributed by atoms with Crippen molar-refractivity contribution in [1.82, 2.24) is 9.80 Å². The SMILES string of the molecule is COc1ccc(/C(O)=C2\C(=O)C(=O)N(CCN(C)C)C2c2ccc([N+](=O)[O-])cc2)cc1OC. The average Bonchev–Trinajstić information content (AvgIpc) is 3.06. The summed E-state index contributed by atoms with van der Waals surface area (Å²) in [7, 11) is 6.59. The predicted octanol–water partition coefficient (Wildman–Crippen LogP) is 2.60. The minimum Gasteiger partial charge on any atom is -0.507 e. The summed E-state index contributed by atoms with van der Waals surface area (Å²) in [4.78, 5) is 39.7. The van der Waals surface area contributed by atoms with Crippen molar-refractivity contribution in [3.05, 3.63) is 69.3 Å². The Hall–Kier alpha value is -3.92. The fourth-order valence-corrected chi connectivity index (χ4v) is 3.68. The number of aliphatic hydroxyl groups is 1. The molecule has 0 aliphatic carbocycles. The molecule has 0 bridgehead atoms. The first kappa shape index (κ1) is 23.7. The summed E-state index contributed by atoms with van der Waals surface area (Å²) in [6.45, 7) is 0.703. The van der Waals surface area contributed by atoms with Crippen molar-refractivity contribution < 1.29 is 29.1 Å². The number of carbonyl (C=O) groups excluding carboxylic acids is 2. The minimum atomic E-state index is -0.904. The molecule has 1 fully saturated rings. The van der Waals surface area contributed by atoms with Crippen molar-refractivity contribution in [2.75, 3.05) is 41.4 Å². The monoisotopic (exact) mass is 455 g/mol. The highest BCUT2D eigenvalue weighted by Gasteiger charge is 2.46. The van der Waals surface area contributed by atoms with Gasteiger partial charge in [0.15, 0.2) is 11.5 Å². The fraction of sp³-hybridized carbons (Fsp3) is 0.304. The summed E-state index contributed by atoms with van der Waals surface area (Å²) in [5, 5.41) is 22.2. The zero-order valence-corrected chi connectivity index (χ0v) is 18.8. The van der Waals surface area contributed by atoms with E-state index in [0.717, 1.165) is 0 Å². The Balaban J connectivity index is 2.16. The Kier molecular flexibility index (Phi) is 6.98. The predicted molar refractivity (Wildman–Crippen MR) is 120 cm³/mol. The summed E-state index contributed by atoms with van der Waals surface area (Å²) in [5.41, 5.74) is 0.523. The van der Waals surface area contributed by atoms with E-state index in [4.69, 9.17) is 9.47 Å². The molecule has 1 atom stereocenters. The molecule has 10 nitrogen and oxygen atoms in total. The van der Waals surface area contributed by atoms with Crippen LogP contribution in [0.2, 0.25) is 0 Å². The number of ether oxygens (including phenoxy) is 2. The molecule has 1 N–H and O–H groups in total. The Morgan fingerprint density at radius 3 is 2.27 bits per heavy atom. The second-order valence-electron chi connectivity index (χ2n) is 7.71. The van der Waals surface area contributed by atoms with Crippen LogP contribution in [0, 0.1) is 10.1 Å². The second-order valence-corrected chi connectivity index (χ2v) is 7.71. The topological polar surface area (TPSA) is 122 Å². The third kappa shape index (κ3) is 4.65. The highest BCUT2D eigenvalue weighted by molar-refractivity contribution is 6.46. The number of hydrogen-bond acceptors (Lipinski definition) is 8. The van der Waals surface area contributed by atoms with Gasteiger partial charge in [-0.2, -0.15) is 0 Å². The van der Waals surface area contributed by atoms with E-state index in [1.54, 1.807) is 12.1 Å². The number of ketones is 1. The normalized spacial score (nSPS) is 17.5. The number of Topliss-reactive ketones (excluding diaryl/α,β-unsaturated/α-hetero) is 1. The first-order valence-corrected chi connectivity index (χ1v) is 10.1. The number of nitro groups is 1. The van der Waals surface area contributed by atoms with Crippen LogP contribution in [-0.2, 0) is 9.59 Å². The van der Waals surface area contributed by atoms with Crippen LogP contribution in [0.25, 0.3) is 5.76 Å². The Bertz CT molecular complexity index is 1110. The molecule has 1 unspecified atom stereocenters. The molecule has 0 aromatic heterocycles. The third-order valence-electron chi connectivity index (χ3n) is 5.40. The lowest BCUT2D eigenvalue weighted by molar-refractivity contribution is -0.384. The van der Waals surface area contributed by atoms with Gasteiger partial charge in [-0.1, -0.05) is 0 Å². The largest absolute Gasteiger partial charge is 0.507 e. The molecule has 1 amide bonds. The molecule has 33 heavy (non-hydrogen) atoms. The maximum absolute atomic E-state index is 13.0. The van der Waals surface area contributed by atoms with Gasteiger partial charge in [-0.15, -0.1) is 0 Å². The molecule has 1 saturated heterocycles. The number of carbonyl (C=O) groups is 2. The molecule has 174 valence electrons. The Morgan fingerprint density at radius 1 is 1.09 bits per heavy atom. The number of non-ortho nitro benzene ring substituents is 1. The van der Waals surface area contributed by atoms with Crippen LogP contribution >= 0.6 is 0 Å². The number of hydrogen-bond donors (Lipinski definition) is 1. The Labute approximate surface area is 190 Å². The van der Waals surface area contributed by atoms with E-state index < -0.39 is 22.7 Å². The van der Waals surface area contributed by atoms with Crippen LogP contribution in [0.4, 0.5) is 5.69 Å². The minimum absolute atomic E-state index is 0.0974. The van der Waals surface area contributed by atoms with Gasteiger partial charge >= 0.3 is 0 Å². The second kappa shape index (κ2) is 9.70. The fourth-order valence-electron chi connectivity index (χ4n) is 3.68. The molecule has 1 aliphatic rings. The zero-order valence-electron chi connectivity index (χ0n) is 18.8. The number of nitro benzene ring substituents is 1. The van der Waals surface area contributed by atoms with Crippen LogP contribution < -0.4 is 9.47 Å². The molecular weight excluding hydrogens is 430 g/mol. The molecule has 10 heteroatoms. The first-order chi connectivity index (χ1) is 15.7. The molecule has 2 aromatic rings. The summed E-state index contributed by atoms with van der Waals surface area (Å²) in [6.07, 6.45) is 0. The van der Waals surface area contributed by atoms with Crippen LogP contribution in [0.3, 0.4) is 0 Å². The number of nitrogens with zero attached hydrogens (tertiary/aromatic N) is 3. The van der Waals surface area contributed by atoms with E-state index in [-0.39, 0.29) is 29.1 Å². The summed E-state index contributed by atoms with van der Waals surface area (Å²) >= 11 is 0. The lowest BCUT2D eigenvalue weighted by atomic mass is 9.95. The van der Waals surface area contributed by atoms with Crippen molar-refractivity contribution in [2.24, 2.45) is 0 Å². The number of benzene rings is 2. The number of likely N-dealkylation sites (N-methyl/N-ethyl adjacent to an activating group) is 1. The van der Waals surface area contributed by atoms with Crippen molar-refractivity contribution in [1.29, 1.82) is 0 Å². The van der Waals surface area contributed by atoms with Gasteiger partial charge in [-0.05, 0) is 50.0 Å². The highest BCUT2D eigenvalue weighted by atomic mass is 16.6. The average molecular weight is 455 g/mol. The maximum Gasteiger partial charge on any atom is 0.295 e. The summed E-state index contributed by atoms with van der Waals surface area (Å²) in [6, 6.07) is 9.31. The van der Waals surface area contributed by atoms with Crippen LogP contribution in [0.5, 0.6) is 11.5 Å². The molecule has 3 rings (SSSR count). The molecule has 0 spiro atoms. The van der Waals surface area contributed by atoms with Crippen LogP contribution in [0.1, 0.15) is 17.2 Å². The zero-order chi connectivity index (χ0) is 24.3. The van der Waals surface area contributed by atoms with Crippen molar-refractivity contribution in [3.63, 3.8) is 0 Å². The van der Waals surface area contributed by atoms with Gasteiger partial charge in [0.05, 0.1) is 30.8 Å². The standard InChI is InChI=1S/C23H25N3O7/c1-24(2)11-12-25-20(14-5-8-16(9-6-14)26(30)31)19(22(28)23(25)29)21(27)15-7-10-17(32-3)18(13-15)33-4/h5-10,13,20,27H,11-12H2,1-4H3/b21-19+. The lowest BCUT2D eigenvalue weighted by Crippen LogP contribution is -2.35. The van der Waals surface area contributed by atoms with Gasteiger partial charge in [0.2, 0.25) is 0 Å². The van der Waals surface area contributed by atoms with E-state index in [1.807, 2.05) is 19.0 Å². The van der Waals surface area contributed by atoms with Crippen LogP contribution in [-0.4, -0.2) is 72.9 Å². The van der Waals surface area contributed by atoms with E-state index in [1.165, 1.54) is 49.5 Å². The van der Waals surface area contributed by atoms with E-state index in [2.05, 4.69) is 0 Å². The summed E-state index contributed by atoms with van der Waals surface area (Å²) < 4.78 is 10.5. The number of amides is 1. The molecule has 0 saturated carbocycles. The van der Waals surface area contributed by atoms with Gasteiger partial charge in [0.1, 0.15) is 5.76 Å². The lowest BCUT2D eigenvalue weighted by Gasteiger charge is -2.26. The molecular formula is C23H25N3O7. The van der Waals surface area contributed by atoms with Gasteiger partial charge in [0.25, 0.3) is 17.4 Å². The molecule has 2 aromatic carbocycles. The highest BCUT2D eigenvalue weighted by Crippen LogP contribution is 2.40. The number of likely N-dealkylation sites (tertiary alicyclic amines) is 1. The van der Waals surface area contributed by atoms with E-state index in [9.17, 15) is 24.8 Å². The quantitative estimate of drug-likeness (QED) is 0.212. The number of aliphatic hydroxyl groups excluding tert-OH is 1. The number of methoxy groups -OCH3 is 2.